The van der Waals surface area contributed by atoms with Crippen molar-refractivity contribution in [2.45, 2.75) is 23.8 Å². The van der Waals surface area contributed by atoms with Gasteiger partial charge in [-0.1, -0.05) is 0 Å². The van der Waals surface area contributed by atoms with Crippen LogP contribution < -0.4 is 14.8 Å². The summed E-state index contributed by atoms with van der Waals surface area (Å²) >= 11 is 0. The first-order chi connectivity index (χ1) is 13.7. The lowest BCUT2D eigenvalue weighted by molar-refractivity contribution is -0.125. The third-order valence-corrected chi connectivity index (χ3v) is 6.77. The summed E-state index contributed by atoms with van der Waals surface area (Å²) < 4.78 is 38.6. The first-order valence-corrected chi connectivity index (χ1v) is 11.0. The van der Waals surface area contributed by atoms with Gasteiger partial charge in [0.15, 0.2) is 0 Å². The molecule has 0 radical (unpaired) electrons. The van der Waals surface area contributed by atoms with Crippen LogP contribution in [0, 0.1) is 11.8 Å². The van der Waals surface area contributed by atoms with E-state index in [1.54, 1.807) is 14.1 Å². The van der Waals surface area contributed by atoms with Crippen LogP contribution in [0.4, 0.5) is 0 Å². The summed E-state index contributed by atoms with van der Waals surface area (Å²) in [5.41, 5.74) is 0.185. The fraction of sp³-hybridized carbons (Fsp3) is 0.579. The van der Waals surface area contributed by atoms with Gasteiger partial charge >= 0.3 is 0 Å². The van der Waals surface area contributed by atoms with Gasteiger partial charge < -0.3 is 19.7 Å². The maximum atomic E-state index is 12.9. The SMILES string of the molecule is COc1ccc(C(=O)N(C)C)cc1S(=O)(=O)NC(=O)C1CNC2CCOCC2C1. The lowest BCUT2D eigenvalue weighted by Crippen LogP contribution is -2.53. The van der Waals surface area contributed by atoms with Gasteiger partial charge in [0.1, 0.15) is 10.6 Å². The van der Waals surface area contributed by atoms with Gasteiger partial charge in [0.25, 0.3) is 15.9 Å². The number of hydrogen-bond acceptors (Lipinski definition) is 7. The van der Waals surface area contributed by atoms with Crippen molar-refractivity contribution in [2.24, 2.45) is 11.8 Å². The number of nitrogens with zero attached hydrogens (tertiary/aromatic N) is 1. The summed E-state index contributed by atoms with van der Waals surface area (Å²) in [6.07, 6.45) is 1.45. The molecule has 9 nitrogen and oxygen atoms in total. The number of benzene rings is 1. The van der Waals surface area contributed by atoms with Crippen LogP contribution in [0.25, 0.3) is 0 Å². The molecule has 3 atom stereocenters. The molecule has 2 saturated heterocycles. The Morgan fingerprint density at radius 1 is 1.31 bits per heavy atom. The average molecular weight is 426 g/mol. The minimum Gasteiger partial charge on any atom is -0.495 e. The lowest BCUT2D eigenvalue weighted by atomic mass is 9.82. The Balaban J connectivity index is 1.79. The molecule has 2 N–H and O–H groups in total. The molecule has 0 saturated carbocycles. The van der Waals surface area contributed by atoms with Crippen LogP contribution in [-0.4, -0.2) is 72.1 Å². The Bertz CT molecular complexity index is 886. The van der Waals surface area contributed by atoms with Crippen molar-refractivity contribution in [1.29, 1.82) is 0 Å². The second-order valence-corrected chi connectivity index (χ2v) is 9.26. The number of piperidine rings is 1. The van der Waals surface area contributed by atoms with Crippen LogP contribution in [-0.2, 0) is 19.6 Å². The van der Waals surface area contributed by atoms with Crippen molar-refractivity contribution >= 4 is 21.8 Å². The molecular weight excluding hydrogens is 398 g/mol. The van der Waals surface area contributed by atoms with E-state index < -0.39 is 21.8 Å². The van der Waals surface area contributed by atoms with Gasteiger partial charge in [-0.3, -0.25) is 9.59 Å². The molecule has 10 heteroatoms. The van der Waals surface area contributed by atoms with Crippen molar-refractivity contribution in [3.8, 4) is 5.75 Å². The second kappa shape index (κ2) is 8.68. The minimum absolute atomic E-state index is 0.0584. The van der Waals surface area contributed by atoms with E-state index in [4.69, 9.17) is 9.47 Å². The van der Waals surface area contributed by atoms with E-state index in [2.05, 4.69) is 10.0 Å². The normalized spacial score (nSPS) is 24.3. The Morgan fingerprint density at radius 3 is 2.76 bits per heavy atom. The number of methoxy groups -OCH3 is 1. The Kier molecular flexibility index (Phi) is 6.45. The van der Waals surface area contributed by atoms with Crippen molar-refractivity contribution in [3.63, 3.8) is 0 Å². The largest absolute Gasteiger partial charge is 0.495 e. The lowest BCUT2D eigenvalue weighted by Gasteiger charge is -2.39. The summed E-state index contributed by atoms with van der Waals surface area (Å²) in [7, 11) is 0.255. The van der Waals surface area contributed by atoms with Gasteiger partial charge in [-0.25, -0.2) is 13.1 Å². The number of amides is 2. The van der Waals surface area contributed by atoms with Crippen molar-refractivity contribution in [1.82, 2.24) is 14.9 Å². The smallest absolute Gasteiger partial charge is 0.267 e. The number of fused-ring (bicyclic) bond motifs is 1. The quantitative estimate of drug-likeness (QED) is 0.693. The van der Waals surface area contributed by atoms with E-state index in [0.717, 1.165) is 6.42 Å². The summed E-state index contributed by atoms with van der Waals surface area (Å²) in [6.45, 7) is 1.68. The van der Waals surface area contributed by atoms with Gasteiger partial charge in [-0.15, -0.1) is 0 Å². The molecular formula is C19H27N3O6S. The fourth-order valence-corrected chi connectivity index (χ4v) is 5.03. The summed E-state index contributed by atoms with van der Waals surface area (Å²) in [6, 6.07) is 4.41. The maximum absolute atomic E-state index is 12.9. The highest BCUT2D eigenvalue weighted by Gasteiger charge is 2.37. The molecule has 3 unspecified atom stereocenters. The van der Waals surface area contributed by atoms with Crippen LogP contribution in [0.2, 0.25) is 0 Å². The first kappa shape index (κ1) is 21.5. The molecule has 2 fully saturated rings. The van der Waals surface area contributed by atoms with E-state index in [9.17, 15) is 18.0 Å². The zero-order valence-electron chi connectivity index (χ0n) is 16.8. The predicted octanol–water partition coefficient (Wildman–Crippen LogP) is 0.217. The standard InChI is InChI=1S/C19H27N3O6S/c1-22(2)19(24)12-4-5-16(27-3)17(9-12)29(25,26)21-18(23)13-8-14-11-28-7-6-15(14)20-10-13/h4-5,9,13-15,20H,6-8,10-11H2,1-3H3,(H,21,23). The third kappa shape index (κ3) is 4.71. The number of sulfonamides is 1. The Labute approximate surface area is 170 Å². The molecule has 0 aliphatic carbocycles. The number of ether oxygens (including phenoxy) is 2. The fourth-order valence-electron chi connectivity index (χ4n) is 3.79. The van der Waals surface area contributed by atoms with E-state index in [0.29, 0.717) is 32.2 Å². The van der Waals surface area contributed by atoms with Gasteiger partial charge in [0.2, 0.25) is 5.91 Å². The van der Waals surface area contributed by atoms with Gasteiger partial charge in [0.05, 0.1) is 19.6 Å². The second-order valence-electron chi connectivity index (χ2n) is 7.61. The first-order valence-electron chi connectivity index (χ1n) is 9.50. The van der Waals surface area contributed by atoms with Gasteiger partial charge in [-0.2, -0.15) is 0 Å². The maximum Gasteiger partial charge on any atom is 0.267 e. The van der Waals surface area contributed by atoms with E-state index >= 15 is 0 Å². The zero-order valence-corrected chi connectivity index (χ0v) is 17.6. The van der Waals surface area contributed by atoms with Crippen molar-refractivity contribution in [2.75, 3.05) is 41.0 Å². The molecule has 1 aromatic rings. The molecule has 0 aromatic heterocycles. The highest BCUT2D eigenvalue weighted by molar-refractivity contribution is 7.90. The number of carbonyl (C=O) groups is 2. The predicted molar refractivity (Wildman–Crippen MR) is 105 cm³/mol. The van der Waals surface area contributed by atoms with Crippen LogP contribution in [0.5, 0.6) is 5.75 Å². The molecule has 2 aliphatic rings. The third-order valence-electron chi connectivity index (χ3n) is 5.40. The number of carbonyl (C=O) groups excluding carboxylic acids is 2. The monoisotopic (exact) mass is 425 g/mol. The van der Waals surface area contributed by atoms with Crippen LogP contribution >= 0.6 is 0 Å². The summed E-state index contributed by atoms with van der Waals surface area (Å²) in [5.74, 6) is -1.16. The van der Waals surface area contributed by atoms with Crippen LogP contribution in [0.3, 0.4) is 0 Å². The molecule has 0 spiro atoms. The molecule has 2 aliphatic heterocycles. The summed E-state index contributed by atoms with van der Waals surface area (Å²) in [4.78, 5) is 26.0. The topological polar surface area (TPSA) is 114 Å². The minimum atomic E-state index is -4.22. The molecule has 29 heavy (non-hydrogen) atoms. The molecule has 3 rings (SSSR count). The van der Waals surface area contributed by atoms with Gasteiger partial charge in [-0.05, 0) is 37.0 Å². The molecule has 160 valence electrons. The summed E-state index contributed by atoms with van der Waals surface area (Å²) in [5, 5.41) is 3.33. The molecule has 2 amide bonds. The van der Waals surface area contributed by atoms with Gasteiger partial charge in [0, 0.05) is 38.9 Å². The zero-order chi connectivity index (χ0) is 21.2. The Morgan fingerprint density at radius 2 is 2.07 bits per heavy atom. The average Bonchev–Trinajstić information content (AvgIpc) is 2.71. The van der Waals surface area contributed by atoms with Crippen LogP contribution in [0.15, 0.2) is 23.1 Å². The molecule has 1 aromatic carbocycles. The van der Waals surface area contributed by atoms with Crippen molar-refractivity contribution in [3.05, 3.63) is 23.8 Å². The molecule has 0 bridgehead atoms. The van der Waals surface area contributed by atoms with E-state index in [1.807, 2.05) is 0 Å². The highest BCUT2D eigenvalue weighted by Crippen LogP contribution is 2.28. The number of rotatable bonds is 5. The number of hydrogen-bond donors (Lipinski definition) is 2. The number of nitrogens with one attached hydrogen (secondary N) is 2. The Hall–Kier alpha value is -2.17. The van der Waals surface area contributed by atoms with E-state index in [-0.39, 0.29) is 28.0 Å². The van der Waals surface area contributed by atoms with Crippen LogP contribution in [0.1, 0.15) is 23.2 Å². The van der Waals surface area contributed by atoms with Crippen molar-refractivity contribution < 1.29 is 27.5 Å². The molecule has 2 heterocycles. The van der Waals surface area contributed by atoms with E-state index in [1.165, 1.54) is 30.2 Å². The highest BCUT2D eigenvalue weighted by atomic mass is 32.2.